The SMILES string of the molecule is N/C(CN1CCOCC1)=N\OCc1csc(C2CCCC2)n1. The minimum absolute atomic E-state index is 0.396. The normalized spacial score (nSPS) is 21.4. The van der Waals surface area contributed by atoms with Crippen molar-refractivity contribution in [3.05, 3.63) is 16.1 Å². The van der Waals surface area contributed by atoms with Crippen LogP contribution in [0.4, 0.5) is 0 Å². The third-order valence-electron chi connectivity index (χ3n) is 4.16. The van der Waals surface area contributed by atoms with Crippen molar-refractivity contribution >= 4 is 17.2 Å². The molecule has 2 N–H and O–H groups in total. The fraction of sp³-hybridized carbons (Fsp3) is 0.733. The first-order chi connectivity index (χ1) is 10.8. The van der Waals surface area contributed by atoms with Gasteiger partial charge in [0.2, 0.25) is 0 Å². The monoisotopic (exact) mass is 324 g/mol. The topological polar surface area (TPSA) is 73.0 Å². The highest BCUT2D eigenvalue weighted by Gasteiger charge is 2.20. The molecule has 0 bridgehead atoms. The number of ether oxygens (including phenoxy) is 1. The van der Waals surface area contributed by atoms with Gasteiger partial charge in [-0.3, -0.25) is 4.90 Å². The van der Waals surface area contributed by atoms with E-state index in [1.807, 2.05) is 0 Å². The molecule has 0 amide bonds. The largest absolute Gasteiger partial charge is 0.388 e. The van der Waals surface area contributed by atoms with Crippen LogP contribution in [0.2, 0.25) is 0 Å². The molecule has 1 saturated heterocycles. The smallest absolute Gasteiger partial charge is 0.160 e. The van der Waals surface area contributed by atoms with Gasteiger partial charge in [0.1, 0.15) is 0 Å². The summed E-state index contributed by atoms with van der Waals surface area (Å²) in [6.07, 6.45) is 5.22. The van der Waals surface area contributed by atoms with Gasteiger partial charge in [0.25, 0.3) is 0 Å². The Bertz CT molecular complexity index is 493. The van der Waals surface area contributed by atoms with E-state index >= 15 is 0 Å². The summed E-state index contributed by atoms with van der Waals surface area (Å²) in [6, 6.07) is 0. The molecule has 3 rings (SSSR count). The van der Waals surface area contributed by atoms with E-state index in [9.17, 15) is 0 Å². The van der Waals surface area contributed by atoms with Crippen LogP contribution < -0.4 is 5.73 Å². The second-order valence-corrected chi connectivity index (χ2v) is 6.79. The number of aromatic nitrogens is 1. The Hall–Kier alpha value is -1.18. The van der Waals surface area contributed by atoms with Crippen molar-refractivity contribution in [2.24, 2.45) is 10.9 Å². The number of amidine groups is 1. The molecule has 6 nitrogen and oxygen atoms in total. The zero-order chi connectivity index (χ0) is 15.2. The molecule has 0 spiro atoms. The molecule has 1 saturated carbocycles. The highest BCUT2D eigenvalue weighted by Crippen LogP contribution is 2.35. The molecule has 1 aliphatic heterocycles. The molecule has 2 heterocycles. The van der Waals surface area contributed by atoms with E-state index in [2.05, 4.69) is 20.4 Å². The minimum atomic E-state index is 0.396. The average molecular weight is 324 g/mol. The van der Waals surface area contributed by atoms with Gasteiger partial charge in [-0.1, -0.05) is 18.0 Å². The Kier molecular flexibility index (Phi) is 5.64. The van der Waals surface area contributed by atoms with Crippen molar-refractivity contribution in [2.75, 3.05) is 32.8 Å². The zero-order valence-corrected chi connectivity index (χ0v) is 13.7. The third-order valence-corrected chi connectivity index (χ3v) is 5.21. The molecule has 0 unspecified atom stereocenters. The van der Waals surface area contributed by atoms with Crippen molar-refractivity contribution in [2.45, 2.75) is 38.2 Å². The number of nitrogens with two attached hydrogens (primary N) is 1. The van der Waals surface area contributed by atoms with Gasteiger partial charge in [0.15, 0.2) is 12.4 Å². The van der Waals surface area contributed by atoms with Crippen LogP contribution in [0, 0.1) is 0 Å². The predicted molar refractivity (Wildman–Crippen MR) is 87.0 cm³/mol. The first-order valence-electron chi connectivity index (χ1n) is 8.00. The van der Waals surface area contributed by atoms with Crippen LogP contribution in [0.25, 0.3) is 0 Å². The maximum Gasteiger partial charge on any atom is 0.160 e. The quantitative estimate of drug-likeness (QED) is 0.492. The predicted octanol–water partition coefficient (Wildman–Crippen LogP) is 1.92. The van der Waals surface area contributed by atoms with Gasteiger partial charge in [-0.15, -0.1) is 11.3 Å². The van der Waals surface area contributed by atoms with E-state index in [-0.39, 0.29) is 0 Å². The number of thiazole rings is 1. The molecular formula is C15H24N4O2S. The number of morpholine rings is 1. The lowest BCUT2D eigenvalue weighted by Crippen LogP contribution is -2.41. The highest BCUT2D eigenvalue weighted by molar-refractivity contribution is 7.09. The maximum atomic E-state index is 5.90. The molecule has 1 aliphatic carbocycles. The Morgan fingerprint density at radius 1 is 1.41 bits per heavy atom. The van der Waals surface area contributed by atoms with Gasteiger partial charge in [-0.25, -0.2) is 4.98 Å². The molecule has 2 fully saturated rings. The lowest BCUT2D eigenvalue weighted by atomic mass is 10.1. The Morgan fingerprint density at radius 3 is 2.95 bits per heavy atom. The fourth-order valence-corrected chi connectivity index (χ4v) is 3.92. The van der Waals surface area contributed by atoms with Crippen molar-refractivity contribution in [3.8, 4) is 0 Å². The summed E-state index contributed by atoms with van der Waals surface area (Å²) >= 11 is 1.74. The zero-order valence-electron chi connectivity index (χ0n) is 12.9. The van der Waals surface area contributed by atoms with Gasteiger partial charge < -0.3 is 15.3 Å². The second-order valence-electron chi connectivity index (χ2n) is 5.90. The Labute approximate surface area is 135 Å². The molecule has 1 aromatic heterocycles. The number of nitrogens with zero attached hydrogens (tertiary/aromatic N) is 3. The summed E-state index contributed by atoms with van der Waals surface area (Å²) in [5, 5.41) is 7.32. The van der Waals surface area contributed by atoms with Crippen molar-refractivity contribution in [3.63, 3.8) is 0 Å². The third kappa shape index (κ3) is 4.41. The van der Waals surface area contributed by atoms with Crippen LogP contribution in [0.3, 0.4) is 0 Å². The summed E-state index contributed by atoms with van der Waals surface area (Å²) < 4.78 is 5.30. The Balaban J connectivity index is 1.42. The maximum absolute atomic E-state index is 5.90. The number of hydrogen-bond donors (Lipinski definition) is 1. The molecule has 122 valence electrons. The molecule has 0 atom stereocenters. The van der Waals surface area contributed by atoms with Crippen LogP contribution in [0.1, 0.15) is 42.3 Å². The molecule has 0 radical (unpaired) electrons. The first kappa shape index (κ1) is 15.7. The van der Waals surface area contributed by atoms with Crippen LogP contribution in [-0.2, 0) is 16.2 Å². The van der Waals surface area contributed by atoms with E-state index in [1.165, 1.54) is 30.7 Å². The molecule has 22 heavy (non-hydrogen) atoms. The average Bonchev–Trinajstić information content (AvgIpc) is 3.19. The number of oxime groups is 1. The molecule has 1 aromatic rings. The van der Waals surface area contributed by atoms with Gasteiger partial charge in [0, 0.05) is 24.4 Å². The lowest BCUT2D eigenvalue weighted by Gasteiger charge is -2.25. The summed E-state index contributed by atoms with van der Waals surface area (Å²) in [7, 11) is 0. The minimum Gasteiger partial charge on any atom is -0.388 e. The van der Waals surface area contributed by atoms with Crippen LogP contribution in [0.5, 0.6) is 0 Å². The van der Waals surface area contributed by atoms with E-state index < -0.39 is 0 Å². The molecule has 2 aliphatic rings. The highest BCUT2D eigenvalue weighted by atomic mass is 32.1. The number of rotatable bonds is 6. The second kappa shape index (κ2) is 7.89. The van der Waals surface area contributed by atoms with Gasteiger partial charge in [0.05, 0.1) is 30.5 Å². The summed E-state index contributed by atoms with van der Waals surface area (Å²) in [6.45, 7) is 4.34. The fourth-order valence-electron chi connectivity index (χ4n) is 2.95. The summed E-state index contributed by atoms with van der Waals surface area (Å²) in [5.41, 5.74) is 6.85. The van der Waals surface area contributed by atoms with Gasteiger partial charge >= 0.3 is 0 Å². The van der Waals surface area contributed by atoms with E-state index in [1.54, 1.807) is 11.3 Å². The molecule has 7 heteroatoms. The van der Waals surface area contributed by atoms with Crippen molar-refractivity contribution in [1.82, 2.24) is 9.88 Å². The van der Waals surface area contributed by atoms with Crippen LogP contribution in [-0.4, -0.2) is 48.6 Å². The standard InChI is InChI=1S/C15H24N4O2S/c16-14(9-19-5-7-20-8-6-19)18-21-10-13-11-22-15(17-13)12-3-1-2-4-12/h11-12H,1-10H2,(H2,16,18). The van der Waals surface area contributed by atoms with Crippen molar-refractivity contribution in [1.29, 1.82) is 0 Å². The Morgan fingerprint density at radius 2 is 2.18 bits per heavy atom. The number of hydrogen-bond acceptors (Lipinski definition) is 6. The van der Waals surface area contributed by atoms with E-state index in [4.69, 9.17) is 15.3 Å². The molecule has 0 aromatic carbocycles. The van der Waals surface area contributed by atoms with Gasteiger partial charge in [-0.05, 0) is 12.8 Å². The van der Waals surface area contributed by atoms with E-state index in [0.717, 1.165) is 32.0 Å². The lowest BCUT2D eigenvalue weighted by molar-refractivity contribution is 0.0443. The van der Waals surface area contributed by atoms with Gasteiger partial charge in [-0.2, -0.15) is 0 Å². The van der Waals surface area contributed by atoms with Crippen LogP contribution in [0.15, 0.2) is 10.5 Å². The molecular weight excluding hydrogens is 300 g/mol. The van der Waals surface area contributed by atoms with E-state index in [0.29, 0.717) is 24.9 Å². The van der Waals surface area contributed by atoms with Crippen molar-refractivity contribution < 1.29 is 9.57 Å². The summed E-state index contributed by atoms with van der Waals surface area (Å²) in [5.74, 6) is 1.17. The first-order valence-corrected chi connectivity index (χ1v) is 8.88. The van der Waals surface area contributed by atoms with Crippen LogP contribution >= 0.6 is 11.3 Å². The summed E-state index contributed by atoms with van der Waals surface area (Å²) in [4.78, 5) is 12.2.